The van der Waals surface area contributed by atoms with Crippen molar-refractivity contribution in [3.05, 3.63) is 21.9 Å². The molecule has 21 heavy (non-hydrogen) atoms. The zero-order valence-corrected chi connectivity index (χ0v) is 14.8. The van der Waals surface area contributed by atoms with E-state index in [2.05, 4.69) is 42.4 Å². The summed E-state index contributed by atoms with van der Waals surface area (Å²) in [6.45, 7) is 11.8. The Morgan fingerprint density at radius 1 is 1.29 bits per heavy atom. The van der Waals surface area contributed by atoms with Crippen LogP contribution in [0.3, 0.4) is 0 Å². The topological polar surface area (TPSA) is 15.3 Å². The molecule has 0 saturated heterocycles. The highest BCUT2D eigenvalue weighted by atomic mass is 32.1. The van der Waals surface area contributed by atoms with E-state index >= 15 is 0 Å². The van der Waals surface area contributed by atoms with Crippen molar-refractivity contribution in [1.82, 2.24) is 10.2 Å². The summed E-state index contributed by atoms with van der Waals surface area (Å²) in [6, 6.07) is 2.96. The normalized spacial score (nSPS) is 19.1. The maximum absolute atomic E-state index is 3.53. The molecule has 1 aliphatic rings. The first-order valence-corrected chi connectivity index (χ1v) is 9.57. The lowest BCUT2D eigenvalue weighted by Crippen LogP contribution is -2.33. The largest absolute Gasteiger partial charge is 0.316 e. The second kappa shape index (κ2) is 8.92. The number of unbranched alkanes of at least 4 members (excludes halogenated alkanes) is 3. The fourth-order valence-electron chi connectivity index (χ4n) is 3.18. The summed E-state index contributed by atoms with van der Waals surface area (Å²) < 4.78 is 0. The monoisotopic (exact) mass is 308 g/mol. The van der Waals surface area contributed by atoms with Gasteiger partial charge in [-0.3, -0.25) is 4.90 Å². The van der Waals surface area contributed by atoms with Gasteiger partial charge in [-0.25, -0.2) is 0 Å². The van der Waals surface area contributed by atoms with Gasteiger partial charge in [-0.1, -0.05) is 26.7 Å². The van der Waals surface area contributed by atoms with Crippen LogP contribution in [0.2, 0.25) is 0 Å². The average molecular weight is 309 g/mol. The van der Waals surface area contributed by atoms with E-state index in [9.17, 15) is 0 Å². The van der Waals surface area contributed by atoms with Crippen LogP contribution in [-0.4, -0.2) is 31.1 Å². The highest BCUT2D eigenvalue weighted by Crippen LogP contribution is 2.32. The van der Waals surface area contributed by atoms with Gasteiger partial charge in [-0.05, 0) is 68.7 Å². The molecule has 0 spiro atoms. The maximum Gasteiger partial charge on any atom is 0.0331 e. The predicted octanol–water partition coefficient (Wildman–Crippen LogP) is 4.47. The predicted molar refractivity (Wildman–Crippen MR) is 94.2 cm³/mol. The second-order valence-corrected chi connectivity index (χ2v) is 7.77. The first-order valence-electron chi connectivity index (χ1n) is 8.69. The molecule has 1 aliphatic heterocycles. The van der Waals surface area contributed by atoms with Crippen LogP contribution in [0.1, 0.15) is 62.9 Å². The van der Waals surface area contributed by atoms with Gasteiger partial charge in [0, 0.05) is 17.5 Å². The van der Waals surface area contributed by atoms with Gasteiger partial charge in [0.15, 0.2) is 0 Å². The Hall–Kier alpha value is -0.380. The minimum atomic E-state index is 0.632. The van der Waals surface area contributed by atoms with E-state index in [0.29, 0.717) is 6.04 Å². The van der Waals surface area contributed by atoms with Crippen molar-refractivity contribution in [3.8, 4) is 0 Å². The van der Waals surface area contributed by atoms with Crippen molar-refractivity contribution in [2.75, 3.05) is 26.2 Å². The molecular formula is C18H32N2S. The Labute approximate surface area is 134 Å². The second-order valence-electron chi connectivity index (χ2n) is 6.77. The first-order chi connectivity index (χ1) is 10.2. The third-order valence-electron chi connectivity index (χ3n) is 4.51. The number of fused-ring (bicyclic) bond motifs is 1. The number of hydrogen-bond donors (Lipinski definition) is 1. The lowest BCUT2D eigenvalue weighted by Gasteiger charge is -2.33. The van der Waals surface area contributed by atoms with Gasteiger partial charge in [0.2, 0.25) is 0 Å². The fourth-order valence-corrected chi connectivity index (χ4v) is 4.14. The van der Waals surface area contributed by atoms with Crippen molar-refractivity contribution in [3.63, 3.8) is 0 Å². The third-order valence-corrected chi connectivity index (χ3v) is 5.50. The van der Waals surface area contributed by atoms with Crippen LogP contribution in [-0.2, 0) is 6.42 Å². The molecular weight excluding hydrogens is 276 g/mol. The van der Waals surface area contributed by atoms with Crippen LogP contribution in [0.15, 0.2) is 11.4 Å². The molecule has 0 radical (unpaired) electrons. The van der Waals surface area contributed by atoms with Crippen molar-refractivity contribution in [2.45, 2.75) is 58.9 Å². The molecule has 2 rings (SSSR count). The van der Waals surface area contributed by atoms with Gasteiger partial charge in [-0.15, -0.1) is 11.3 Å². The van der Waals surface area contributed by atoms with Crippen LogP contribution in [0, 0.1) is 5.92 Å². The SMILES string of the molecule is CC(C)CNCCCCCCN1CCc2sccc2C1C. The molecule has 0 bridgehead atoms. The molecule has 1 N–H and O–H groups in total. The van der Waals surface area contributed by atoms with Gasteiger partial charge in [0.1, 0.15) is 0 Å². The molecule has 0 saturated carbocycles. The van der Waals surface area contributed by atoms with Crippen LogP contribution in [0.5, 0.6) is 0 Å². The molecule has 0 amide bonds. The van der Waals surface area contributed by atoms with Gasteiger partial charge < -0.3 is 5.32 Å². The van der Waals surface area contributed by atoms with E-state index in [1.807, 2.05) is 11.3 Å². The summed E-state index contributed by atoms with van der Waals surface area (Å²) in [5.41, 5.74) is 1.59. The molecule has 1 aromatic heterocycles. The highest BCUT2D eigenvalue weighted by molar-refractivity contribution is 7.10. The summed E-state index contributed by atoms with van der Waals surface area (Å²) in [6.07, 6.45) is 6.70. The molecule has 2 heterocycles. The maximum atomic E-state index is 3.53. The van der Waals surface area contributed by atoms with Crippen molar-refractivity contribution in [2.24, 2.45) is 5.92 Å². The summed E-state index contributed by atoms with van der Waals surface area (Å²) in [7, 11) is 0. The van der Waals surface area contributed by atoms with E-state index in [-0.39, 0.29) is 0 Å². The summed E-state index contributed by atoms with van der Waals surface area (Å²) >= 11 is 1.94. The Bertz CT molecular complexity index is 400. The number of rotatable bonds is 9. The van der Waals surface area contributed by atoms with E-state index in [1.54, 1.807) is 10.4 Å². The minimum absolute atomic E-state index is 0.632. The summed E-state index contributed by atoms with van der Waals surface area (Å²) in [5.74, 6) is 0.771. The number of hydrogen-bond acceptors (Lipinski definition) is 3. The molecule has 1 aromatic rings. The fraction of sp³-hybridized carbons (Fsp3) is 0.778. The van der Waals surface area contributed by atoms with Gasteiger partial charge in [-0.2, -0.15) is 0 Å². The molecule has 120 valence electrons. The minimum Gasteiger partial charge on any atom is -0.316 e. The van der Waals surface area contributed by atoms with E-state index in [1.165, 1.54) is 51.7 Å². The Balaban J connectivity index is 1.54. The molecule has 0 aromatic carbocycles. The van der Waals surface area contributed by atoms with Crippen LogP contribution >= 0.6 is 11.3 Å². The molecule has 2 nitrogen and oxygen atoms in total. The highest BCUT2D eigenvalue weighted by Gasteiger charge is 2.23. The van der Waals surface area contributed by atoms with Crippen molar-refractivity contribution < 1.29 is 0 Å². The lowest BCUT2D eigenvalue weighted by molar-refractivity contribution is 0.196. The van der Waals surface area contributed by atoms with E-state index < -0.39 is 0 Å². The standard InChI is InChI=1S/C18H32N2S/c1-15(2)14-19-10-6-4-5-7-11-20-12-8-18-17(16(20)3)9-13-21-18/h9,13,15-16,19H,4-8,10-12,14H2,1-3H3. The van der Waals surface area contributed by atoms with E-state index in [0.717, 1.165) is 12.5 Å². The first kappa shape index (κ1) is 17.0. The van der Waals surface area contributed by atoms with Gasteiger partial charge in [0.25, 0.3) is 0 Å². The molecule has 1 atom stereocenters. The number of thiophene rings is 1. The Morgan fingerprint density at radius 3 is 2.90 bits per heavy atom. The van der Waals surface area contributed by atoms with Crippen LogP contribution in [0.4, 0.5) is 0 Å². The van der Waals surface area contributed by atoms with Gasteiger partial charge in [0.05, 0.1) is 0 Å². The Morgan fingerprint density at radius 2 is 2.10 bits per heavy atom. The van der Waals surface area contributed by atoms with E-state index in [4.69, 9.17) is 0 Å². The zero-order valence-electron chi connectivity index (χ0n) is 14.0. The molecule has 0 aliphatic carbocycles. The van der Waals surface area contributed by atoms with Crippen molar-refractivity contribution in [1.29, 1.82) is 0 Å². The van der Waals surface area contributed by atoms with Crippen LogP contribution in [0.25, 0.3) is 0 Å². The van der Waals surface area contributed by atoms with Crippen molar-refractivity contribution >= 4 is 11.3 Å². The van der Waals surface area contributed by atoms with Gasteiger partial charge >= 0.3 is 0 Å². The summed E-state index contributed by atoms with van der Waals surface area (Å²) in [5, 5.41) is 5.79. The third kappa shape index (κ3) is 5.39. The zero-order chi connectivity index (χ0) is 15.1. The molecule has 0 fully saturated rings. The lowest BCUT2D eigenvalue weighted by atomic mass is 10.0. The van der Waals surface area contributed by atoms with Crippen LogP contribution < -0.4 is 5.32 Å². The Kier molecular flexibility index (Phi) is 7.21. The molecule has 1 unspecified atom stereocenters. The molecule has 3 heteroatoms. The quantitative estimate of drug-likeness (QED) is 0.677. The average Bonchev–Trinajstić information content (AvgIpc) is 2.93. The smallest absolute Gasteiger partial charge is 0.0331 e. The number of nitrogens with one attached hydrogen (secondary N) is 1. The summed E-state index contributed by atoms with van der Waals surface area (Å²) in [4.78, 5) is 4.29. The number of nitrogens with zero attached hydrogens (tertiary/aromatic N) is 1.